The van der Waals surface area contributed by atoms with E-state index in [1.54, 1.807) is 26.0 Å². The van der Waals surface area contributed by atoms with Crippen molar-refractivity contribution in [1.82, 2.24) is 0 Å². The van der Waals surface area contributed by atoms with Crippen LogP contribution in [0.3, 0.4) is 0 Å². The summed E-state index contributed by atoms with van der Waals surface area (Å²) in [6, 6.07) is 5.81. The molecule has 5 heteroatoms. The Morgan fingerprint density at radius 1 is 1.05 bits per heavy atom. The van der Waals surface area contributed by atoms with E-state index in [1.165, 1.54) is 18.2 Å². The number of Topliss-reactive ketones (excluding diaryl/α,β-unsaturated/α-hetero) is 1. The summed E-state index contributed by atoms with van der Waals surface area (Å²) in [6.07, 6.45) is 1.48. The van der Waals surface area contributed by atoms with E-state index >= 15 is 0 Å². The van der Waals surface area contributed by atoms with Crippen LogP contribution in [0.25, 0.3) is 6.08 Å². The van der Waals surface area contributed by atoms with E-state index in [9.17, 15) is 20.1 Å². The molecule has 0 fully saturated rings. The van der Waals surface area contributed by atoms with Crippen LogP contribution in [0.1, 0.15) is 27.0 Å². The molecule has 112 valence electrons. The molecule has 1 heterocycles. The monoisotopic (exact) mass is 298 g/mol. The maximum absolute atomic E-state index is 12.4. The number of rotatable bonds is 1. The van der Waals surface area contributed by atoms with Gasteiger partial charge in [0.05, 0.1) is 5.56 Å². The van der Waals surface area contributed by atoms with Crippen molar-refractivity contribution in [2.75, 3.05) is 0 Å². The van der Waals surface area contributed by atoms with Crippen LogP contribution < -0.4 is 4.74 Å². The zero-order chi connectivity index (χ0) is 16.0. The number of aromatic hydroxyl groups is 3. The summed E-state index contributed by atoms with van der Waals surface area (Å²) < 4.78 is 5.57. The highest BCUT2D eigenvalue weighted by Gasteiger charge is 2.30. The summed E-state index contributed by atoms with van der Waals surface area (Å²) in [7, 11) is 0. The van der Waals surface area contributed by atoms with E-state index in [-0.39, 0.29) is 28.8 Å². The Morgan fingerprint density at radius 2 is 1.77 bits per heavy atom. The van der Waals surface area contributed by atoms with Crippen LogP contribution in [-0.2, 0) is 0 Å². The quantitative estimate of drug-likeness (QED) is 0.556. The van der Waals surface area contributed by atoms with Gasteiger partial charge in [0, 0.05) is 5.56 Å². The molecule has 5 nitrogen and oxygen atoms in total. The Kier molecular flexibility index (Phi) is 3.06. The molecule has 0 radical (unpaired) electrons. The lowest BCUT2D eigenvalue weighted by Crippen LogP contribution is -1.98. The number of benzene rings is 2. The second-order valence-electron chi connectivity index (χ2n) is 5.23. The number of fused-ring (bicyclic) bond motifs is 1. The fourth-order valence-corrected chi connectivity index (χ4v) is 2.42. The van der Waals surface area contributed by atoms with Crippen molar-refractivity contribution in [3.05, 3.63) is 52.3 Å². The molecule has 22 heavy (non-hydrogen) atoms. The lowest BCUT2D eigenvalue weighted by Gasteiger charge is -2.07. The first-order chi connectivity index (χ1) is 10.4. The molecule has 3 N–H and O–H groups in total. The largest absolute Gasteiger partial charge is 0.507 e. The van der Waals surface area contributed by atoms with Gasteiger partial charge in [-0.3, -0.25) is 4.79 Å². The Balaban J connectivity index is 2.05. The first-order valence-electron chi connectivity index (χ1n) is 6.68. The Morgan fingerprint density at radius 3 is 2.45 bits per heavy atom. The van der Waals surface area contributed by atoms with Crippen molar-refractivity contribution in [2.45, 2.75) is 13.8 Å². The number of carbonyl (C=O) groups is 1. The van der Waals surface area contributed by atoms with Crippen molar-refractivity contribution in [3.63, 3.8) is 0 Å². The standard InChI is InChI=1S/C17H14O5/c1-8-5-11-16(21)14(22-17(11)9(2)15(8)20)7-10-3-4-12(18)13(19)6-10/h3-7,18-20H,1-2H3/b14-7-. The molecule has 0 spiro atoms. The van der Waals surface area contributed by atoms with E-state index in [1.807, 2.05) is 0 Å². The first kappa shape index (κ1) is 14.0. The lowest BCUT2D eigenvalue weighted by molar-refractivity contribution is 0.101. The van der Waals surface area contributed by atoms with E-state index < -0.39 is 0 Å². The second-order valence-corrected chi connectivity index (χ2v) is 5.23. The predicted molar refractivity (Wildman–Crippen MR) is 80.3 cm³/mol. The number of hydrogen-bond donors (Lipinski definition) is 3. The van der Waals surface area contributed by atoms with Gasteiger partial charge in [0.25, 0.3) is 0 Å². The number of ether oxygens (including phenoxy) is 1. The topological polar surface area (TPSA) is 87.0 Å². The third-order valence-electron chi connectivity index (χ3n) is 3.65. The van der Waals surface area contributed by atoms with Gasteiger partial charge in [0.1, 0.15) is 11.5 Å². The second kappa shape index (κ2) is 4.80. The third kappa shape index (κ3) is 2.07. The van der Waals surface area contributed by atoms with Gasteiger partial charge in [-0.25, -0.2) is 0 Å². The van der Waals surface area contributed by atoms with Gasteiger partial charge in [-0.15, -0.1) is 0 Å². The van der Waals surface area contributed by atoms with E-state index in [0.29, 0.717) is 28.0 Å². The van der Waals surface area contributed by atoms with Gasteiger partial charge in [0.15, 0.2) is 17.3 Å². The highest BCUT2D eigenvalue weighted by Crippen LogP contribution is 2.40. The minimum atomic E-state index is -0.284. The average molecular weight is 298 g/mol. The molecule has 0 bridgehead atoms. The van der Waals surface area contributed by atoms with Crippen molar-refractivity contribution in [1.29, 1.82) is 0 Å². The molecule has 1 aliphatic heterocycles. The minimum Gasteiger partial charge on any atom is -0.507 e. The van der Waals surface area contributed by atoms with E-state index in [4.69, 9.17) is 4.74 Å². The Labute approximate surface area is 126 Å². The number of aryl methyl sites for hydroxylation is 1. The lowest BCUT2D eigenvalue weighted by atomic mass is 10.0. The summed E-state index contributed by atoms with van der Waals surface area (Å²) in [6.45, 7) is 3.40. The number of carbonyl (C=O) groups excluding carboxylic acids is 1. The maximum atomic E-state index is 12.4. The van der Waals surface area contributed by atoms with E-state index in [2.05, 4.69) is 0 Å². The smallest absolute Gasteiger partial charge is 0.231 e. The number of ketones is 1. The summed E-state index contributed by atoms with van der Waals surface area (Å²) in [4.78, 5) is 12.4. The van der Waals surface area contributed by atoms with Gasteiger partial charge >= 0.3 is 0 Å². The van der Waals surface area contributed by atoms with Crippen LogP contribution in [0.5, 0.6) is 23.0 Å². The molecule has 0 saturated carbocycles. The van der Waals surface area contributed by atoms with E-state index in [0.717, 1.165) is 0 Å². The van der Waals surface area contributed by atoms with Crippen LogP contribution in [0.15, 0.2) is 30.0 Å². The SMILES string of the molecule is Cc1cc2c(c(C)c1O)O/C(=C\c1ccc(O)c(O)c1)C2=O. The molecule has 3 rings (SSSR count). The van der Waals surface area contributed by atoms with Gasteiger partial charge in [-0.1, -0.05) is 6.07 Å². The maximum Gasteiger partial charge on any atom is 0.231 e. The van der Waals surface area contributed by atoms with Crippen LogP contribution in [-0.4, -0.2) is 21.1 Å². The molecule has 2 aromatic rings. The van der Waals surface area contributed by atoms with Crippen LogP contribution in [0, 0.1) is 13.8 Å². The third-order valence-corrected chi connectivity index (χ3v) is 3.65. The summed E-state index contributed by atoms with van der Waals surface area (Å²) in [5, 5.41) is 28.7. The molecule has 1 aliphatic rings. The minimum absolute atomic E-state index is 0.105. The summed E-state index contributed by atoms with van der Waals surface area (Å²) in [5.41, 5.74) is 2.05. The number of phenols is 3. The molecule has 0 unspecified atom stereocenters. The molecular formula is C17H14O5. The highest BCUT2D eigenvalue weighted by atomic mass is 16.5. The first-order valence-corrected chi connectivity index (χ1v) is 6.68. The molecule has 0 saturated heterocycles. The normalized spacial score (nSPS) is 15.0. The molecule has 0 amide bonds. The van der Waals surface area contributed by atoms with Crippen LogP contribution >= 0.6 is 0 Å². The fraction of sp³-hybridized carbons (Fsp3) is 0.118. The molecule has 0 atom stereocenters. The van der Waals surface area contributed by atoms with Gasteiger partial charge in [-0.05, 0) is 49.2 Å². The van der Waals surface area contributed by atoms with Gasteiger partial charge in [0.2, 0.25) is 5.78 Å². The number of allylic oxidation sites excluding steroid dienone is 1. The van der Waals surface area contributed by atoms with Crippen LogP contribution in [0.4, 0.5) is 0 Å². The zero-order valence-corrected chi connectivity index (χ0v) is 12.0. The van der Waals surface area contributed by atoms with Crippen molar-refractivity contribution in [3.8, 4) is 23.0 Å². The average Bonchev–Trinajstić information content (AvgIpc) is 2.78. The number of phenolic OH excluding ortho intramolecular Hbond substituents is 3. The molecule has 0 aliphatic carbocycles. The van der Waals surface area contributed by atoms with Crippen molar-refractivity contribution < 1.29 is 24.9 Å². The molecular weight excluding hydrogens is 284 g/mol. The molecule has 0 aromatic heterocycles. The van der Waals surface area contributed by atoms with Gasteiger partial charge < -0.3 is 20.1 Å². The number of hydrogen-bond acceptors (Lipinski definition) is 5. The fourth-order valence-electron chi connectivity index (χ4n) is 2.42. The summed E-state index contributed by atoms with van der Waals surface area (Å²) >= 11 is 0. The Hall–Kier alpha value is -2.95. The Bertz CT molecular complexity index is 833. The zero-order valence-electron chi connectivity index (χ0n) is 12.0. The molecule has 2 aromatic carbocycles. The van der Waals surface area contributed by atoms with Crippen LogP contribution in [0.2, 0.25) is 0 Å². The predicted octanol–water partition coefficient (Wildman–Crippen LogP) is 3.04. The van der Waals surface area contributed by atoms with Crippen molar-refractivity contribution in [2.24, 2.45) is 0 Å². The van der Waals surface area contributed by atoms with Crippen molar-refractivity contribution >= 4 is 11.9 Å². The van der Waals surface area contributed by atoms with Gasteiger partial charge in [-0.2, -0.15) is 0 Å². The highest BCUT2D eigenvalue weighted by molar-refractivity contribution is 6.15. The summed E-state index contributed by atoms with van der Waals surface area (Å²) in [5.74, 6) is -0.234.